The molecule has 0 bridgehead atoms. The number of aromatic nitrogens is 2. The Kier molecular flexibility index (Phi) is 5.78. The van der Waals surface area contributed by atoms with Crippen LogP contribution >= 0.6 is 0 Å². The second kappa shape index (κ2) is 8.63. The minimum Gasteiger partial charge on any atom is -0.454 e. The van der Waals surface area contributed by atoms with Crippen molar-refractivity contribution in [2.45, 2.75) is 33.0 Å². The molecule has 1 aromatic heterocycles. The van der Waals surface area contributed by atoms with E-state index in [-0.39, 0.29) is 25.4 Å². The van der Waals surface area contributed by atoms with Gasteiger partial charge in [0.2, 0.25) is 18.5 Å². The Balaban J connectivity index is 1.54. The number of ether oxygens (including phenoxy) is 2. The normalized spacial score (nSPS) is 14.0. The van der Waals surface area contributed by atoms with Crippen LogP contribution in [0.4, 0.5) is 0 Å². The molecule has 7 nitrogen and oxygen atoms in total. The van der Waals surface area contributed by atoms with Gasteiger partial charge in [-0.15, -0.1) is 0 Å². The van der Waals surface area contributed by atoms with Crippen molar-refractivity contribution in [2.75, 3.05) is 13.4 Å². The van der Waals surface area contributed by atoms with Crippen LogP contribution in [0.15, 0.2) is 53.1 Å². The van der Waals surface area contributed by atoms with Crippen LogP contribution in [0.25, 0.3) is 11.4 Å². The number of fused-ring (bicyclic) bond motifs is 1. The first kappa shape index (κ1) is 19.4. The van der Waals surface area contributed by atoms with Gasteiger partial charge >= 0.3 is 0 Å². The van der Waals surface area contributed by atoms with Gasteiger partial charge in [0.1, 0.15) is 0 Å². The van der Waals surface area contributed by atoms with Crippen LogP contribution in [0.3, 0.4) is 0 Å². The lowest BCUT2D eigenvalue weighted by Crippen LogP contribution is -2.40. The minimum absolute atomic E-state index is 0.0175. The Labute approximate surface area is 169 Å². The topological polar surface area (TPSA) is 80.9 Å². The molecule has 1 aliphatic rings. The zero-order valence-electron chi connectivity index (χ0n) is 16.6. The van der Waals surface area contributed by atoms with Gasteiger partial charge in [-0.2, -0.15) is 4.98 Å². The van der Waals surface area contributed by atoms with E-state index in [1.54, 1.807) is 0 Å². The van der Waals surface area contributed by atoms with E-state index >= 15 is 0 Å². The van der Waals surface area contributed by atoms with Gasteiger partial charge in [-0.25, -0.2) is 0 Å². The number of aliphatic hydroxyl groups excluding tert-OH is 1. The van der Waals surface area contributed by atoms with E-state index in [1.165, 1.54) is 5.56 Å². The summed E-state index contributed by atoms with van der Waals surface area (Å²) in [5.74, 6) is 2.68. The lowest BCUT2D eigenvalue weighted by molar-refractivity contribution is 0.0695. The molecule has 1 atom stereocenters. The average molecular weight is 395 g/mol. The molecule has 1 aliphatic heterocycles. The van der Waals surface area contributed by atoms with E-state index in [0.29, 0.717) is 36.3 Å². The van der Waals surface area contributed by atoms with Crippen LogP contribution in [0.1, 0.15) is 25.3 Å². The van der Waals surface area contributed by atoms with E-state index in [0.717, 1.165) is 5.56 Å². The van der Waals surface area contributed by atoms with Crippen LogP contribution in [0.5, 0.6) is 11.5 Å². The van der Waals surface area contributed by atoms with Crippen molar-refractivity contribution in [1.29, 1.82) is 0 Å². The van der Waals surface area contributed by atoms with Gasteiger partial charge in [0.25, 0.3) is 0 Å². The van der Waals surface area contributed by atoms with Gasteiger partial charge in [0.15, 0.2) is 11.5 Å². The van der Waals surface area contributed by atoms with Gasteiger partial charge in [-0.1, -0.05) is 49.3 Å². The summed E-state index contributed by atoms with van der Waals surface area (Å²) >= 11 is 0. The minimum atomic E-state index is -0.0175. The van der Waals surface area contributed by atoms with E-state index < -0.39 is 0 Å². The van der Waals surface area contributed by atoms with Gasteiger partial charge in [0, 0.05) is 18.2 Å². The van der Waals surface area contributed by atoms with Gasteiger partial charge in [-0.3, -0.25) is 4.90 Å². The summed E-state index contributed by atoms with van der Waals surface area (Å²) in [6.07, 6.45) is 0. The summed E-state index contributed by atoms with van der Waals surface area (Å²) in [4.78, 5) is 6.74. The second-order valence-corrected chi connectivity index (χ2v) is 7.46. The number of nitrogens with zero attached hydrogens (tertiary/aromatic N) is 3. The Hall–Kier alpha value is -2.90. The SMILES string of the molecule is CC(C)C(CO)N(Cc1ccccc1)Cc1nc(-c2ccc3c(c2)OCO3)no1. The van der Waals surface area contributed by atoms with Crippen LogP contribution in [0, 0.1) is 5.92 Å². The predicted molar refractivity (Wildman–Crippen MR) is 107 cm³/mol. The van der Waals surface area contributed by atoms with Crippen LogP contribution in [0.2, 0.25) is 0 Å². The van der Waals surface area contributed by atoms with Crippen LogP contribution < -0.4 is 9.47 Å². The molecule has 1 N–H and O–H groups in total. The summed E-state index contributed by atoms with van der Waals surface area (Å²) in [6.45, 7) is 5.63. The highest BCUT2D eigenvalue weighted by molar-refractivity contribution is 5.61. The molecule has 0 radical (unpaired) electrons. The molecule has 0 fully saturated rings. The first-order valence-corrected chi connectivity index (χ1v) is 9.75. The van der Waals surface area contributed by atoms with Crippen molar-refractivity contribution in [3.63, 3.8) is 0 Å². The molecule has 1 unspecified atom stereocenters. The van der Waals surface area contributed by atoms with Gasteiger partial charge < -0.3 is 19.1 Å². The summed E-state index contributed by atoms with van der Waals surface area (Å²) in [6, 6.07) is 15.7. The zero-order valence-corrected chi connectivity index (χ0v) is 16.6. The maximum Gasteiger partial charge on any atom is 0.241 e. The number of rotatable bonds is 8. The monoisotopic (exact) mass is 395 g/mol. The summed E-state index contributed by atoms with van der Waals surface area (Å²) in [7, 11) is 0. The molecule has 4 rings (SSSR count). The van der Waals surface area contributed by atoms with E-state index in [9.17, 15) is 5.11 Å². The third kappa shape index (κ3) is 4.41. The number of hydrogen-bond acceptors (Lipinski definition) is 7. The highest BCUT2D eigenvalue weighted by atomic mass is 16.7. The molecule has 0 amide bonds. The fourth-order valence-electron chi connectivity index (χ4n) is 3.50. The second-order valence-electron chi connectivity index (χ2n) is 7.46. The van der Waals surface area contributed by atoms with Crippen molar-refractivity contribution in [2.24, 2.45) is 5.92 Å². The summed E-state index contributed by atoms with van der Waals surface area (Å²) in [5.41, 5.74) is 1.98. The van der Waals surface area contributed by atoms with Crippen molar-refractivity contribution in [1.82, 2.24) is 15.0 Å². The van der Waals surface area contributed by atoms with E-state index in [2.05, 4.69) is 41.0 Å². The molecular formula is C22H25N3O4. The third-order valence-corrected chi connectivity index (χ3v) is 5.09. The Morgan fingerprint density at radius 3 is 2.59 bits per heavy atom. The highest BCUT2D eigenvalue weighted by Gasteiger charge is 2.24. The Morgan fingerprint density at radius 2 is 1.83 bits per heavy atom. The standard InChI is InChI=1S/C22H25N3O4/c1-15(2)18(13-26)25(11-16-6-4-3-5-7-16)12-21-23-22(24-29-21)17-8-9-19-20(10-17)28-14-27-19/h3-10,15,18,26H,11-14H2,1-2H3. The Bertz CT molecular complexity index is 942. The molecular weight excluding hydrogens is 370 g/mol. The summed E-state index contributed by atoms with van der Waals surface area (Å²) < 4.78 is 16.3. The molecule has 152 valence electrons. The quantitative estimate of drug-likeness (QED) is 0.625. The van der Waals surface area contributed by atoms with Crippen LogP contribution in [-0.4, -0.2) is 39.6 Å². The van der Waals surface area contributed by atoms with Gasteiger partial charge in [0.05, 0.1) is 13.2 Å². The first-order chi connectivity index (χ1) is 14.1. The maximum absolute atomic E-state index is 9.96. The van der Waals surface area contributed by atoms with Crippen molar-refractivity contribution >= 4 is 0 Å². The van der Waals surface area contributed by atoms with Crippen LogP contribution in [-0.2, 0) is 13.1 Å². The average Bonchev–Trinajstić information content (AvgIpc) is 3.37. The number of benzene rings is 2. The van der Waals surface area contributed by atoms with E-state index in [4.69, 9.17) is 14.0 Å². The molecule has 3 aromatic rings. The first-order valence-electron chi connectivity index (χ1n) is 9.75. The molecule has 0 saturated heterocycles. The fourth-order valence-corrected chi connectivity index (χ4v) is 3.50. The van der Waals surface area contributed by atoms with Gasteiger partial charge in [-0.05, 0) is 29.7 Å². The summed E-state index contributed by atoms with van der Waals surface area (Å²) in [5, 5.41) is 14.1. The third-order valence-electron chi connectivity index (χ3n) is 5.09. The molecule has 2 heterocycles. The molecule has 2 aromatic carbocycles. The highest BCUT2D eigenvalue weighted by Crippen LogP contribution is 2.35. The van der Waals surface area contributed by atoms with Crippen molar-refractivity contribution in [3.05, 3.63) is 60.0 Å². The molecule has 7 heteroatoms. The molecule has 0 spiro atoms. The fraction of sp³-hybridized carbons (Fsp3) is 0.364. The predicted octanol–water partition coefficient (Wildman–Crippen LogP) is 3.48. The number of aliphatic hydroxyl groups is 1. The van der Waals surface area contributed by atoms with Crippen molar-refractivity contribution < 1.29 is 19.1 Å². The molecule has 29 heavy (non-hydrogen) atoms. The van der Waals surface area contributed by atoms with E-state index in [1.807, 2.05) is 36.4 Å². The largest absolute Gasteiger partial charge is 0.454 e. The Morgan fingerprint density at radius 1 is 1.03 bits per heavy atom. The zero-order chi connectivity index (χ0) is 20.2. The lowest BCUT2D eigenvalue weighted by atomic mass is 10.0. The molecule has 0 saturated carbocycles. The number of hydrogen-bond donors (Lipinski definition) is 1. The maximum atomic E-state index is 9.96. The smallest absolute Gasteiger partial charge is 0.241 e. The van der Waals surface area contributed by atoms with Crippen molar-refractivity contribution in [3.8, 4) is 22.9 Å². The molecule has 0 aliphatic carbocycles. The lowest BCUT2D eigenvalue weighted by Gasteiger charge is -2.32.